The van der Waals surface area contributed by atoms with Crippen molar-refractivity contribution in [1.29, 1.82) is 0 Å². The van der Waals surface area contributed by atoms with E-state index < -0.39 is 23.6 Å². The number of ether oxygens (including phenoxy) is 1. The lowest BCUT2D eigenvalue weighted by Crippen LogP contribution is -2.46. The normalized spacial score (nSPS) is 12.0. The molecule has 0 spiro atoms. The van der Waals surface area contributed by atoms with Crippen molar-refractivity contribution in [2.75, 3.05) is 11.9 Å². The lowest BCUT2D eigenvalue weighted by Gasteiger charge is -2.20. The largest absolute Gasteiger partial charge is 0.444 e. The van der Waals surface area contributed by atoms with Gasteiger partial charge in [0, 0.05) is 5.69 Å². The lowest BCUT2D eigenvalue weighted by molar-refractivity contribution is -0.125. The molecule has 0 aromatic heterocycles. The van der Waals surface area contributed by atoms with E-state index in [1.54, 1.807) is 27.7 Å². The topological polar surface area (TPSA) is 96.5 Å². The molecule has 3 N–H and O–H groups in total. The van der Waals surface area contributed by atoms with E-state index >= 15 is 0 Å². The lowest BCUT2D eigenvalue weighted by atomic mass is 10.1. The van der Waals surface area contributed by atoms with Crippen molar-refractivity contribution in [3.8, 4) is 0 Å². The quantitative estimate of drug-likeness (QED) is 0.733. The third kappa shape index (κ3) is 8.19. The van der Waals surface area contributed by atoms with Crippen LogP contribution in [0.4, 0.5) is 10.5 Å². The van der Waals surface area contributed by atoms with E-state index in [0.717, 1.165) is 6.42 Å². The first-order valence-electron chi connectivity index (χ1n) is 8.26. The molecule has 0 saturated carbocycles. The average molecular weight is 349 g/mol. The Morgan fingerprint density at radius 1 is 1.12 bits per heavy atom. The van der Waals surface area contributed by atoms with Crippen molar-refractivity contribution in [3.05, 3.63) is 29.8 Å². The summed E-state index contributed by atoms with van der Waals surface area (Å²) in [7, 11) is 0. The third-order valence-electron chi connectivity index (χ3n) is 3.19. The Bertz CT molecular complexity index is 606. The molecule has 25 heavy (non-hydrogen) atoms. The van der Waals surface area contributed by atoms with Gasteiger partial charge in [0.25, 0.3) is 0 Å². The van der Waals surface area contributed by atoms with Gasteiger partial charge in [-0.05, 0) is 51.8 Å². The molecular formula is C18H27N3O4. The van der Waals surface area contributed by atoms with Crippen molar-refractivity contribution < 1.29 is 19.1 Å². The molecule has 1 aromatic carbocycles. The van der Waals surface area contributed by atoms with Gasteiger partial charge in [-0.3, -0.25) is 9.59 Å². The van der Waals surface area contributed by atoms with Crippen LogP contribution in [0.3, 0.4) is 0 Å². The van der Waals surface area contributed by atoms with E-state index in [4.69, 9.17) is 4.74 Å². The molecule has 0 radical (unpaired) electrons. The molecule has 138 valence electrons. The highest BCUT2D eigenvalue weighted by molar-refractivity contribution is 5.97. The maximum Gasteiger partial charge on any atom is 0.408 e. The Balaban J connectivity index is 2.40. The summed E-state index contributed by atoms with van der Waals surface area (Å²) in [6.07, 6.45) is 0.237. The van der Waals surface area contributed by atoms with Crippen LogP contribution in [0, 0.1) is 0 Å². The standard InChI is InChI=1S/C18H27N3O4/c1-6-13-7-9-14(10-8-13)21-16(23)12(2)20-15(22)11-19-17(24)25-18(3,4)5/h7-10,12H,6,11H2,1-5H3,(H,19,24)(H,20,22)(H,21,23). The van der Waals surface area contributed by atoms with Gasteiger partial charge < -0.3 is 20.7 Å². The summed E-state index contributed by atoms with van der Waals surface area (Å²) in [5.41, 5.74) is 1.20. The second kappa shape index (κ2) is 9.05. The number of nitrogens with one attached hydrogen (secondary N) is 3. The van der Waals surface area contributed by atoms with Gasteiger partial charge >= 0.3 is 6.09 Å². The number of rotatable bonds is 6. The number of aryl methyl sites for hydroxylation is 1. The molecule has 7 heteroatoms. The van der Waals surface area contributed by atoms with Gasteiger partial charge in [0.2, 0.25) is 11.8 Å². The molecule has 1 aromatic rings. The molecule has 0 aliphatic carbocycles. The summed E-state index contributed by atoms with van der Waals surface area (Å²) in [5.74, 6) is -0.815. The minimum absolute atomic E-state index is 0.266. The van der Waals surface area contributed by atoms with Crippen molar-refractivity contribution in [2.24, 2.45) is 0 Å². The number of amides is 3. The fraction of sp³-hybridized carbons (Fsp3) is 0.500. The van der Waals surface area contributed by atoms with Crippen LogP contribution < -0.4 is 16.0 Å². The van der Waals surface area contributed by atoms with Crippen molar-refractivity contribution in [3.63, 3.8) is 0 Å². The Hall–Kier alpha value is -2.57. The van der Waals surface area contributed by atoms with Crippen LogP contribution in [-0.2, 0) is 20.7 Å². The fourth-order valence-electron chi connectivity index (χ4n) is 1.90. The highest BCUT2D eigenvalue weighted by Crippen LogP contribution is 2.10. The molecule has 0 bridgehead atoms. The molecule has 0 aliphatic heterocycles. The van der Waals surface area contributed by atoms with Gasteiger partial charge in [-0.2, -0.15) is 0 Å². The van der Waals surface area contributed by atoms with Crippen LogP contribution in [0.1, 0.15) is 40.2 Å². The van der Waals surface area contributed by atoms with Crippen LogP contribution >= 0.6 is 0 Å². The predicted molar refractivity (Wildman–Crippen MR) is 96.3 cm³/mol. The highest BCUT2D eigenvalue weighted by Gasteiger charge is 2.19. The first kappa shape index (κ1) is 20.5. The number of carbonyl (C=O) groups excluding carboxylic acids is 3. The van der Waals surface area contributed by atoms with Crippen LogP contribution in [0.5, 0.6) is 0 Å². The Morgan fingerprint density at radius 3 is 2.24 bits per heavy atom. The number of benzene rings is 1. The third-order valence-corrected chi connectivity index (χ3v) is 3.19. The number of hydrogen-bond donors (Lipinski definition) is 3. The van der Waals surface area contributed by atoms with E-state index in [-0.39, 0.29) is 12.5 Å². The minimum Gasteiger partial charge on any atom is -0.444 e. The number of hydrogen-bond acceptors (Lipinski definition) is 4. The number of alkyl carbamates (subject to hydrolysis) is 1. The van der Waals surface area contributed by atoms with E-state index in [1.165, 1.54) is 5.56 Å². The molecule has 7 nitrogen and oxygen atoms in total. The SMILES string of the molecule is CCc1ccc(NC(=O)C(C)NC(=O)CNC(=O)OC(C)(C)C)cc1. The second-order valence-corrected chi connectivity index (χ2v) is 6.68. The molecule has 0 fully saturated rings. The Kier molecular flexibility index (Phi) is 7.42. The summed E-state index contributed by atoms with van der Waals surface area (Å²) in [6.45, 7) is 8.54. The molecule has 0 aliphatic rings. The zero-order valence-electron chi connectivity index (χ0n) is 15.4. The van der Waals surface area contributed by atoms with Crippen LogP contribution in [0.15, 0.2) is 24.3 Å². The van der Waals surface area contributed by atoms with E-state index in [1.807, 2.05) is 24.3 Å². The summed E-state index contributed by atoms with van der Waals surface area (Å²) < 4.78 is 5.03. The fourth-order valence-corrected chi connectivity index (χ4v) is 1.90. The van der Waals surface area contributed by atoms with Gasteiger partial charge in [0.05, 0.1) is 0 Å². The molecule has 0 saturated heterocycles. The summed E-state index contributed by atoms with van der Waals surface area (Å²) >= 11 is 0. The zero-order valence-corrected chi connectivity index (χ0v) is 15.4. The van der Waals surface area contributed by atoms with Gasteiger partial charge in [-0.1, -0.05) is 19.1 Å². The molecular weight excluding hydrogens is 322 g/mol. The van der Waals surface area contributed by atoms with Crippen molar-refractivity contribution in [2.45, 2.75) is 52.7 Å². The first-order valence-corrected chi connectivity index (χ1v) is 8.26. The summed E-state index contributed by atoms with van der Waals surface area (Å²) in [4.78, 5) is 35.4. The first-order chi connectivity index (χ1) is 11.6. The number of carbonyl (C=O) groups is 3. The molecule has 1 rings (SSSR count). The minimum atomic E-state index is -0.737. The summed E-state index contributed by atoms with van der Waals surface area (Å²) in [5, 5.41) is 7.59. The molecule has 3 amide bonds. The molecule has 1 atom stereocenters. The average Bonchev–Trinajstić information content (AvgIpc) is 2.52. The van der Waals surface area contributed by atoms with Crippen LogP contribution in [0.25, 0.3) is 0 Å². The van der Waals surface area contributed by atoms with E-state index in [0.29, 0.717) is 5.69 Å². The van der Waals surface area contributed by atoms with Crippen molar-refractivity contribution >= 4 is 23.6 Å². The predicted octanol–water partition coefficient (Wildman–Crippen LogP) is 2.22. The van der Waals surface area contributed by atoms with Crippen LogP contribution in [-0.4, -0.2) is 36.1 Å². The zero-order chi connectivity index (χ0) is 19.0. The van der Waals surface area contributed by atoms with E-state index in [9.17, 15) is 14.4 Å². The van der Waals surface area contributed by atoms with Gasteiger partial charge in [0.1, 0.15) is 18.2 Å². The smallest absolute Gasteiger partial charge is 0.408 e. The van der Waals surface area contributed by atoms with Crippen molar-refractivity contribution in [1.82, 2.24) is 10.6 Å². The Labute approximate surface area is 148 Å². The molecule has 0 heterocycles. The highest BCUT2D eigenvalue weighted by atomic mass is 16.6. The monoisotopic (exact) mass is 349 g/mol. The number of anilines is 1. The van der Waals surface area contributed by atoms with Crippen LogP contribution in [0.2, 0.25) is 0 Å². The second-order valence-electron chi connectivity index (χ2n) is 6.68. The van der Waals surface area contributed by atoms with Gasteiger partial charge in [-0.25, -0.2) is 4.79 Å². The Morgan fingerprint density at radius 2 is 1.72 bits per heavy atom. The maximum atomic E-state index is 12.1. The maximum absolute atomic E-state index is 12.1. The molecule has 1 unspecified atom stereocenters. The summed E-state index contributed by atoms with van der Waals surface area (Å²) in [6, 6.07) is 6.76. The van der Waals surface area contributed by atoms with Gasteiger partial charge in [0.15, 0.2) is 0 Å². The van der Waals surface area contributed by atoms with Gasteiger partial charge in [-0.15, -0.1) is 0 Å². The van der Waals surface area contributed by atoms with E-state index in [2.05, 4.69) is 22.9 Å².